The van der Waals surface area contributed by atoms with Gasteiger partial charge in [0.25, 0.3) is 5.91 Å². The molecule has 8 heteroatoms. The normalized spacial score (nSPS) is 14.7. The second kappa shape index (κ2) is 8.32. The van der Waals surface area contributed by atoms with Crippen LogP contribution in [0.25, 0.3) is 11.0 Å². The van der Waals surface area contributed by atoms with Crippen LogP contribution in [-0.4, -0.2) is 64.3 Å². The van der Waals surface area contributed by atoms with Crippen molar-refractivity contribution in [2.75, 3.05) is 38.0 Å². The molecule has 0 unspecified atom stereocenters. The Morgan fingerprint density at radius 2 is 1.66 bits per heavy atom. The number of aromatic nitrogens is 2. The highest BCUT2D eigenvalue weighted by Crippen LogP contribution is 2.12. The van der Waals surface area contributed by atoms with Gasteiger partial charge in [0, 0.05) is 31.9 Å². The lowest BCUT2D eigenvalue weighted by atomic mass is 10.2. The van der Waals surface area contributed by atoms with Gasteiger partial charge >= 0.3 is 0 Å². The molecular formula is C21H20FN5O2. The Hall–Kier alpha value is -3.39. The molecule has 0 atom stereocenters. The number of nitrogens with one attached hydrogen (secondary N) is 1. The van der Waals surface area contributed by atoms with Crippen molar-refractivity contribution in [1.82, 2.24) is 19.8 Å². The number of hydrogen-bond acceptors (Lipinski definition) is 5. The van der Waals surface area contributed by atoms with Crippen molar-refractivity contribution < 1.29 is 14.0 Å². The minimum atomic E-state index is -0.347. The summed E-state index contributed by atoms with van der Waals surface area (Å²) in [5.41, 5.74) is 2.32. The first-order valence-corrected chi connectivity index (χ1v) is 9.37. The van der Waals surface area contributed by atoms with E-state index in [1.54, 1.807) is 4.90 Å². The fourth-order valence-corrected chi connectivity index (χ4v) is 3.27. The zero-order valence-corrected chi connectivity index (χ0v) is 15.7. The maximum atomic E-state index is 12.9. The van der Waals surface area contributed by atoms with Gasteiger partial charge in [0.05, 0.1) is 23.8 Å². The summed E-state index contributed by atoms with van der Waals surface area (Å²) >= 11 is 0. The number of para-hydroxylation sites is 2. The molecule has 1 saturated heterocycles. The lowest BCUT2D eigenvalue weighted by Gasteiger charge is -2.34. The summed E-state index contributed by atoms with van der Waals surface area (Å²) in [6, 6.07) is 13.1. The van der Waals surface area contributed by atoms with E-state index in [0.717, 1.165) is 5.52 Å². The molecule has 2 heterocycles. The predicted molar refractivity (Wildman–Crippen MR) is 107 cm³/mol. The third-order valence-corrected chi connectivity index (χ3v) is 4.82. The zero-order chi connectivity index (χ0) is 20.2. The van der Waals surface area contributed by atoms with Gasteiger partial charge in [-0.05, 0) is 36.4 Å². The van der Waals surface area contributed by atoms with Crippen LogP contribution in [0.3, 0.4) is 0 Å². The van der Waals surface area contributed by atoms with Gasteiger partial charge in [0.1, 0.15) is 11.5 Å². The second-order valence-electron chi connectivity index (χ2n) is 6.87. The third-order valence-electron chi connectivity index (χ3n) is 4.82. The van der Waals surface area contributed by atoms with Crippen LogP contribution in [0, 0.1) is 5.82 Å². The summed E-state index contributed by atoms with van der Waals surface area (Å²) in [5, 5.41) is 2.75. The molecular weight excluding hydrogens is 373 g/mol. The third kappa shape index (κ3) is 4.55. The molecule has 3 aromatic rings. The van der Waals surface area contributed by atoms with Crippen molar-refractivity contribution in [3.8, 4) is 0 Å². The van der Waals surface area contributed by atoms with Crippen molar-refractivity contribution in [1.29, 1.82) is 0 Å². The zero-order valence-electron chi connectivity index (χ0n) is 15.7. The smallest absolute Gasteiger partial charge is 0.274 e. The molecule has 0 aliphatic carbocycles. The van der Waals surface area contributed by atoms with Crippen molar-refractivity contribution in [2.45, 2.75) is 0 Å². The molecule has 2 aromatic carbocycles. The van der Waals surface area contributed by atoms with E-state index in [9.17, 15) is 14.0 Å². The topological polar surface area (TPSA) is 78.4 Å². The molecule has 0 saturated carbocycles. The largest absolute Gasteiger partial charge is 0.335 e. The van der Waals surface area contributed by atoms with Gasteiger partial charge in [-0.2, -0.15) is 0 Å². The standard InChI is InChI=1S/C21H20FN5O2/c22-15-5-7-16(8-6-15)24-20(28)14-26-9-11-27(12-10-26)21(29)19-13-23-17-3-1-2-4-18(17)25-19/h1-8,13H,9-12,14H2,(H,24,28). The number of benzene rings is 2. The van der Waals surface area contributed by atoms with Crippen LogP contribution in [0.4, 0.5) is 10.1 Å². The summed E-state index contributed by atoms with van der Waals surface area (Å²) in [4.78, 5) is 37.3. The Balaban J connectivity index is 1.30. The van der Waals surface area contributed by atoms with Gasteiger partial charge in [-0.25, -0.2) is 9.37 Å². The molecule has 1 aromatic heterocycles. The van der Waals surface area contributed by atoms with Gasteiger partial charge in [0.2, 0.25) is 5.91 Å². The minimum Gasteiger partial charge on any atom is -0.335 e. The fourth-order valence-electron chi connectivity index (χ4n) is 3.27. The number of fused-ring (bicyclic) bond motifs is 1. The summed E-state index contributed by atoms with van der Waals surface area (Å²) in [5.74, 6) is -0.671. The molecule has 7 nitrogen and oxygen atoms in total. The van der Waals surface area contributed by atoms with Gasteiger partial charge in [0.15, 0.2) is 0 Å². The van der Waals surface area contributed by atoms with Crippen LogP contribution in [-0.2, 0) is 4.79 Å². The number of rotatable bonds is 4. The van der Waals surface area contributed by atoms with E-state index < -0.39 is 0 Å². The van der Waals surface area contributed by atoms with Gasteiger partial charge in [-0.15, -0.1) is 0 Å². The highest BCUT2D eigenvalue weighted by Gasteiger charge is 2.24. The van der Waals surface area contributed by atoms with E-state index in [1.807, 2.05) is 29.2 Å². The molecule has 0 radical (unpaired) electrons. The van der Waals surface area contributed by atoms with E-state index in [1.165, 1.54) is 30.5 Å². The summed E-state index contributed by atoms with van der Waals surface area (Å²) in [7, 11) is 0. The van der Waals surface area contributed by atoms with Crippen LogP contribution >= 0.6 is 0 Å². The van der Waals surface area contributed by atoms with Crippen molar-refractivity contribution in [3.05, 3.63) is 66.2 Å². The quantitative estimate of drug-likeness (QED) is 0.735. The molecule has 2 amide bonds. The van der Waals surface area contributed by atoms with Crippen LogP contribution in [0.5, 0.6) is 0 Å². The lowest BCUT2D eigenvalue weighted by Crippen LogP contribution is -2.50. The average molecular weight is 393 g/mol. The first-order chi connectivity index (χ1) is 14.1. The molecule has 1 N–H and O–H groups in total. The molecule has 1 fully saturated rings. The average Bonchev–Trinajstić information content (AvgIpc) is 2.75. The molecule has 29 heavy (non-hydrogen) atoms. The summed E-state index contributed by atoms with van der Waals surface area (Å²) in [6.45, 7) is 2.41. The van der Waals surface area contributed by atoms with Crippen molar-refractivity contribution >= 4 is 28.5 Å². The van der Waals surface area contributed by atoms with Gasteiger partial charge < -0.3 is 10.2 Å². The number of anilines is 1. The fraction of sp³-hybridized carbons (Fsp3) is 0.238. The highest BCUT2D eigenvalue weighted by atomic mass is 19.1. The molecule has 148 valence electrons. The first kappa shape index (κ1) is 18.9. The maximum absolute atomic E-state index is 12.9. The molecule has 4 rings (SSSR count). The molecule has 0 spiro atoms. The number of halogens is 1. The van der Waals surface area contributed by atoms with Crippen molar-refractivity contribution in [3.63, 3.8) is 0 Å². The number of carbonyl (C=O) groups is 2. The molecule has 0 bridgehead atoms. The van der Waals surface area contributed by atoms with Crippen LogP contribution < -0.4 is 5.32 Å². The van der Waals surface area contributed by atoms with E-state index in [4.69, 9.17) is 0 Å². The van der Waals surface area contributed by atoms with Crippen LogP contribution in [0.1, 0.15) is 10.5 Å². The van der Waals surface area contributed by atoms with Crippen molar-refractivity contribution in [2.24, 2.45) is 0 Å². The van der Waals surface area contributed by atoms with E-state index in [-0.39, 0.29) is 24.2 Å². The van der Waals surface area contributed by atoms with E-state index in [2.05, 4.69) is 15.3 Å². The second-order valence-corrected chi connectivity index (χ2v) is 6.87. The minimum absolute atomic E-state index is 0.154. The SMILES string of the molecule is O=C(CN1CCN(C(=O)c2cnc3ccccc3n2)CC1)Nc1ccc(F)cc1. The number of amides is 2. The Labute approximate surface area is 167 Å². The Kier molecular flexibility index (Phi) is 5.44. The number of piperazine rings is 1. The van der Waals surface area contributed by atoms with E-state index >= 15 is 0 Å². The monoisotopic (exact) mass is 393 g/mol. The summed E-state index contributed by atoms with van der Waals surface area (Å²) < 4.78 is 12.9. The predicted octanol–water partition coefficient (Wildman–Crippen LogP) is 2.17. The summed E-state index contributed by atoms with van der Waals surface area (Å²) in [6.07, 6.45) is 1.51. The number of carbonyl (C=O) groups excluding carboxylic acids is 2. The Morgan fingerprint density at radius 3 is 2.38 bits per heavy atom. The highest BCUT2D eigenvalue weighted by molar-refractivity contribution is 5.94. The Morgan fingerprint density at radius 1 is 0.966 bits per heavy atom. The number of hydrogen-bond donors (Lipinski definition) is 1. The van der Waals surface area contributed by atoms with Crippen LogP contribution in [0.15, 0.2) is 54.7 Å². The van der Waals surface area contributed by atoms with E-state index in [0.29, 0.717) is 43.1 Å². The van der Waals surface area contributed by atoms with Gasteiger partial charge in [-0.3, -0.25) is 19.5 Å². The lowest BCUT2D eigenvalue weighted by molar-refractivity contribution is -0.117. The number of nitrogens with zero attached hydrogens (tertiary/aromatic N) is 4. The maximum Gasteiger partial charge on any atom is 0.274 e. The Bertz CT molecular complexity index is 1030. The molecule has 1 aliphatic heterocycles. The molecule has 1 aliphatic rings. The van der Waals surface area contributed by atoms with Crippen LogP contribution in [0.2, 0.25) is 0 Å². The van der Waals surface area contributed by atoms with Gasteiger partial charge in [-0.1, -0.05) is 12.1 Å². The first-order valence-electron chi connectivity index (χ1n) is 9.37.